The van der Waals surface area contributed by atoms with Crippen LogP contribution in [-0.2, 0) is 11.3 Å². The molecule has 158 valence electrons. The van der Waals surface area contributed by atoms with Gasteiger partial charge in [-0.15, -0.1) is 0 Å². The third kappa shape index (κ3) is 3.26. The molecule has 1 amide bonds. The molecule has 1 heterocycles. The van der Waals surface area contributed by atoms with Crippen LogP contribution in [0.5, 0.6) is 23.0 Å². The average Bonchev–Trinajstić information content (AvgIpc) is 3.09. The lowest BCUT2D eigenvalue weighted by molar-refractivity contribution is -0.129. The van der Waals surface area contributed by atoms with E-state index in [4.69, 9.17) is 18.9 Å². The van der Waals surface area contributed by atoms with Gasteiger partial charge in [0, 0.05) is 19.0 Å². The molecule has 0 N–H and O–H groups in total. The van der Waals surface area contributed by atoms with Gasteiger partial charge in [-0.3, -0.25) is 4.79 Å². The van der Waals surface area contributed by atoms with Gasteiger partial charge < -0.3 is 23.8 Å². The topological polar surface area (TPSA) is 57.2 Å². The van der Waals surface area contributed by atoms with E-state index in [1.54, 1.807) is 28.4 Å². The summed E-state index contributed by atoms with van der Waals surface area (Å²) in [6.07, 6.45) is 1.50. The fourth-order valence-electron chi connectivity index (χ4n) is 4.32. The van der Waals surface area contributed by atoms with Gasteiger partial charge in [0.25, 0.3) is 0 Å². The number of methoxy groups -OCH3 is 4. The molecule has 0 spiro atoms. The van der Waals surface area contributed by atoms with Gasteiger partial charge in [0.1, 0.15) is 0 Å². The maximum atomic E-state index is 12.4. The SMILES string of the molecule is COc1cc2cc(CN3C(=O)CC[C@H]3C)c3cc(OC)c(OC)cc3c2cc1OC. The molecule has 1 aliphatic heterocycles. The van der Waals surface area contributed by atoms with Gasteiger partial charge >= 0.3 is 0 Å². The Morgan fingerprint density at radius 3 is 1.87 bits per heavy atom. The number of fused-ring (bicyclic) bond motifs is 3. The van der Waals surface area contributed by atoms with E-state index in [2.05, 4.69) is 13.0 Å². The van der Waals surface area contributed by atoms with Crippen LogP contribution in [0.3, 0.4) is 0 Å². The summed E-state index contributed by atoms with van der Waals surface area (Å²) in [5, 5.41) is 4.08. The fraction of sp³-hybridized carbons (Fsp3) is 0.375. The van der Waals surface area contributed by atoms with Crippen LogP contribution >= 0.6 is 0 Å². The lowest BCUT2D eigenvalue weighted by atomic mass is 9.95. The molecule has 4 rings (SSSR count). The number of likely N-dealkylation sites (tertiary alicyclic amines) is 1. The molecular weight excluding hydrogens is 382 g/mol. The summed E-state index contributed by atoms with van der Waals surface area (Å²) in [6, 6.07) is 10.3. The molecule has 0 radical (unpaired) electrons. The van der Waals surface area contributed by atoms with Gasteiger partial charge in [0.15, 0.2) is 23.0 Å². The van der Waals surface area contributed by atoms with Gasteiger partial charge in [-0.25, -0.2) is 0 Å². The van der Waals surface area contributed by atoms with Crippen LogP contribution in [0, 0.1) is 0 Å². The highest BCUT2D eigenvalue weighted by atomic mass is 16.5. The Morgan fingerprint density at radius 2 is 1.33 bits per heavy atom. The van der Waals surface area contributed by atoms with E-state index in [-0.39, 0.29) is 11.9 Å². The number of ether oxygens (including phenoxy) is 4. The maximum Gasteiger partial charge on any atom is 0.223 e. The normalized spacial score (nSPS) is 16.4. The zero-order chi connectivity index (χ0) is 21.4. The first kappa shape index (κ1) is 20.1. The average molecular weight is 409 g/mol. The number of hydrogen-bond acceptors (Lipinski definition) is 5. The minimum atomic E-state index is 0.198. The van der Waals surface area contributed by atoms with Crippen molar-refractivity contribution in [1.29, 1.82) is 0 Å². The Hall–Kier alpha value is -3.15. The fourth-order valence-corrected chi connectivity index (χ4v) is 4.32. The second-order valence-corrected chi connectivity index (χ2v) is 7.63. The van der Waals surface area contributed by atoms with E-state index in [0.717, 1.165) is 33.5 Å². The molecule has 6 heteroatoms. The Labute approximate surface area is 176 Å². The highest BCUT2D eigenvalue weighted by Gasteiger charge is 2.28. The molecular formula is C24H27NO5. The van der Waals surface area contributed by atoms with Crippen LogP contribution in [0.4, 0.5) is 0 Å². The smallest absolute Gasteiger partial charge is 0.223 e. The van der Waals surface area contributed by atoms with Gasteiger partial charge in [-0.1, -0.05) is 0 Å². The van der Waals surface area contributed by atoms with E-state index < -0.39 is 0 Å². The molecule has 1 fully saturated rings. The summed E-state index contributed by atoms with van der Waals surface area (Å²) in [7, 11) is 6.52. The minimum absolute atomic E-state index is 0.198. The van der Waals surface area contributed by atoms with Crippen molar-refractivity contribution in [3.05, 3.63) is 35.9 Å². The minimum Gasteiger partial charge on any atom is -0.493 e. The van der Waals surface area contributed by atoms with Gasteiger partial charge in [-0.05, 0) is 70.8 Å². The van der Waals surface area contributed by atoms with Crippen LogP contribution in [0.1, 0.15) is 25.3 Å². The first-order valence-corrected chi connectivity index (χ1v) is 10.0. The highest BCUT2D eigenvalue weighted by Crippen LogP contribution is 2.41. The Kier molecular flexibility index (Phi) is 5.33. The number of benzene rings is 3. The van der Waals surface area contributed by atoms with Crippen molar-refractivity contribution in [2.45, 2.75) is 32.4 Å². The number of rotatable bonds is 6. The largest absolute Gasteiger partial charge is 0.493 e. The highest BCUT2D eigenvalue weighted by molar-refractivity contribution is 6.11. The monoisotopic (exact) mass is 409 g/mol. The molecule has 3 aromatic carbocycles. The standard InChI is InChI=1S/C24H27NO5/c1-14-6-7-24(26)25(14)13-16-8-15-9-20(27-2)21(28-3)10-17(15)19-12-23(30-5)22(29-4)11-18(16)19/h8-12,14H,6-7,13H2,1-5H3/t14-/m1/s1. The third-order valence-electron chi connectivity index (χ3n) is 6.01. The van der Waals surface area contributed by atoms with Crippen molar-refractivity contribution in [3.8, 4) is 23.0 Å². The van der Waals surface area contributed by atoms with Crippen LogP contribution in [0.15, 0.2) is 30.3 Å². The molecule has 0 bridgehead atoms. The second kappa shape index (κ2) is 7.94. The van der Waals surface area contributed by atoms with Gasteiger partial charge in [-0.2, -0.15) is 0 Å². The lowest BCUT2D eigenvalue weighted by Gasteiger charge is -2.24. The molecule has 0 aliphatic carbocycles. The number of carbonyl (C=O) groups is 1. The van der Waals surface area contributed by atoms with Crippen molar-refractivity contribution in [2.24, 2.45) is 0 Å². The van der Waals surface area contributed by atoms with Crippen LogP contribution < -0.4 is 18.9 Å². The number of nitrogens with zero attached hydrogens (tertiary/aromatic N) is 1. The van der Waals surface area contributed by atoms with Crippen molar-refractivity contribution in [1.82, 2.24) is 4.90 Å². The predicted molar refractivity (Wildman–Crippen MR) is 117 cm³/mol. The summed E-state index contributed by atoms with van der Waals surface area (Å²) < 4.78 is 22.1. The van der Waals surface area contributed by atoms with Gasteiger partial charge in [0.05, 0.1) is 28.4 Å². The van der Waals surface area contributed by atoms with E-state index in [0.29, 0.717) is 36.0 Å². The zero-order valence-corrected chi connectivity index (χ0v) is 18.1. The molecule has 0 saturated carbocycles. The molecule has 1 atom stereocenters. The molecule has 1 saturated heterocycles. The number of amides is 1. The van der Waals surface area contributed by atoms with Crippen molar-refractivity contribution < 1.29 is 23.7 Å². The molecule has 6 nitrogen and oxygen atoms in total. The molecule has 1 aliphatic rings. The summed E-state index contributed by atoms with van der Waals surface area (Å²) in [6.45, 7) is 2.65. The Balaban J connectivity index is 2.01. The first-order chi connectivity index (χ1) is 14.5. The molecule has 30 heavy (non-hydrogen) atoms. The number of hydrogen-bond donors (Lipinski definition) is 0. The van der Waals surface area contributed by atoms with Crippen molar-refractivity contribution >= 4 is 27.5 Å². The van der Waals surface area contributed by atoms with E-state index in [1.165, 1.54) is 0 Å². The Morgan fingerprint density at radius 1 is 0.800 bits per heavy atom. The molecule has 3 aromatic rings. The second-order valence-electron chi connectivity index (χ2n) is 7.63. The van der Waals surface area contributed by atoms with Crippen LogP contribution in [0.25, 0.3) is 21.5 Å². The number of carbonyl (C=O) groups excluding carboxylic acids is 1. The third-order valence-corrected chi connectivity index (χ3v) is 6.01. The molecule has 0 aromatic heterocycles. The quantitative estimate of drug-likeness (QED) is 0.560. The summed E-state index contributed by atoms with van der Waals surface area (Å²) in [5.74, 6) is 2.85. The van der Waals surface area contributed by atoms with E-state index >= 15 is 0 Å². The summed E-state index contributed by atoms with van der Waals surface area (Å²) in [5.41, 5.74) is 1.06. The maximum absolute atomic E-state index is 12.4. The van der Waals surface area contributed by atoms with E-state index in [9.17, 15) is 4.79 Å². The zero-order valence-electron chi connectivity index (χ0n) is 18.1. The summed E-state index contributed by atoms with van der Waals surface area (Å²) in [4.78, 5) is 14.4. The first-order valence-electron chi connectivity index (χ1n) is 10.0. The van der Waals surface area contributed by atoms with Gasteiger partial charge in [0.2, 0.25) is 5.91 Å². The predicted octanol–water partition coefficient (Wildman–Crippen LogP) is 4.54. The van der Waals surface area contributed by atoms with Crippen molar-refractivity contribution in [2.75, 3.05) is 28.4 Å². The summed E-state index contributed by atoms with van der Waals surface area (Å²) >= 11 is 0. The molecule has 0 unspecified atom stereocenters. The lowest BCUT2D eigenvalue weighted by Crippen LogP contribution is -2.30. The van der Waals surface area contributed by atoms with Crippen molar-refractivity contribution in [3.63, 3.8) is 0 Å². The van der Waals surface area contributed by atoms with Crippen LogP contribution in [-0.4, -0.2) is 45.3 Å². The van der Waals surface area contributed by atoms with E-state index in [1.807, 2.05) is 29.2 Å². The van der Waals surface area contributed by atoms with Crippen LogP contribution in [0.2, 0.25) is 0 Å². The Bertz CT molecular complexity index is 1120.